The van der Waals surface area contributed by atoms with Gasteiger partial charge in [0.05, 0.1) is 5.69 Å². The van der Waals surface area contributed by atoms with Crippen molar-refractivity contribution < 1.29 is 9.59 Å². The summed E-state index contributed by atoms with van der Waals surface area (Å²) in [5.74, 6) is -0.401. The van der Waals surface area contributed by atoms with Crippen LogP contribution in [0.15, 0.2) is 48.5 Å². The molecule has 0 atom stereocenters. The predicted octanol–water partition coefficient (Wildman–Crippen LogP) is 3.70. The number of carbonyl (C=O) groups is 2. The van der Waals surface area contributed by atoms with Crippen LogP contribution in [-0.4, -0.2) is 23.3 Å². The number of thiazole rings is 1. The van der Waals surface area contributed by atoms with Gasteiger partial charge in [0.1, 0.15) is 4.88 Å². The number of aromatic nitrogens is 1. The molecule has 0 saturated heterocycles. The molecule has 2 heterocycles. The van der Waals surface area contributed by atoms with Gasteiger partial charge in [-0.25, -0.2) is 4.98 Å². The van der Waals surface area contributed by atoms with E-state index >= 15 is 0 Å². The van der Waals surface area contributed by atoms with Crippen LogP contribution in [0.5, 0.6) is 0 Å². The largest absolute Gasteiger partial charge is 0.347 e. The van der Waals surface area contributed by atoms with Crippen molar-refractivity contribution in [2.24, 2.45) is 0 Å². The number of nitrogens with one attached hydrogen (secondary N) is 3. The van der Waals surface area contributed by atoms with E-state index in [0.29, 0.717) is 27.8 Å². The fraction of sp³-hybridized carbons (Fsp3) is 0.227. The van der Waals surface area contributed by atoms with Gasteiger partial charge in [0.25, 0.3) is 11.8 Å². The lowest BCUT2D eigenvalue weighted by Crippen LogP contribution is -2.24. The first-order valence-corrected chi connectivity index (χ1v) is 10.4. The molecule has 2 amide bonds. The Hall–Kier alpha value is -2.74. The summed E-state index contributed by atoms with van der Waals surface area (Å²) in [5, 5.41) is 9.48. The Balaban J connectivity index is 0.00000256. The first kappa shape index (κ1) is 22.0. The molecule has 0 aliphatic carbocycles. The molecule has 1 aliphatic heterocycles. The number of hydrogen-bond donors (Lipinski definition) is 3. The Morgan fingerprint density at radius 3 is 2.70 bits per heavy atom. The van der Waals surface area contributed by atoms with E-state index in [1.165, 1.54) is 22.5 Å². The first-order chi connectivity index (χ1) is 14.1. The SMILES string of the molecule is Cc1nc(NC(=O)c2ccc3c(c2)CCNC3)sc1C(=O)NCc1ccccc1.Cl. The van der Waals surface area contributed by atoms with Crippen LogP contribution in [0, 0.1) is 6.92 Å². The van der Waals surface area contributed by atoms with Crippen LogP contribution in [0.4, 0.5) is 5.13 Å². The van der Waals surface area contributed by atoms with Crippen LogP contribution >= 0.6 is 23.7 Å². The predicted molar refractivity (Wildman–Crippen MR) is 122 cm³/mol. The van der Waals surface area contributed by atoms with E-state index in [1.807, 2.05) is 48.5 Å². The van der Waals surface area contributed by atoms with Gasteiger partial charge in [-0.15, -0.1) is 12.4 Å². The smallest absolute Gasteiger partial charge is 0.263 e. The molecule has 8 heteroatoms. The number of aryl methyl sites for hydroxylation is 1. The molecule has 1 aromatic heterocycles. The maximum absolute atomic E-state index is 12.6. The van der Waals surface area contributed by atoms with Crippen LogP contribution in [-0.2, 0) is 19.5 Å². The minimum Gasteiger partial charge on any atom is -0.347 e. The molecule has 3 aromatic rings. The fourth-order valence-electron chi connectivity index (χ4n) is 3.31. The Morgan fingerprint density at radius 1 is 1.10 bits per heavy atom. The molecule has 3 N–H and O–H groups in total. The van der Waals surface area contributed by atoms with Gasteiger partial charge in [-0.2, -0.15) is 0 Å². The topological polar surface area (TPSA) is 83.1 Å². The highest BCUT2D eigenvalue weighted by molar-refractivity contribution is 7.17. The summed E-state index contributed by atoms with van der Waals surface area (Å²) in [4.78, 5) is 30.0. The molecule has 2 aromatic carbocycles. The Labute approximate surface area is 185 Å². The number of hydrogen-bond acceptors (Lipinski definition) is 5. The summed E-state index contributed by atoms with van der Waals surface area (Å²) >= 11 is 1.19. The van der Waals surface area contributed by atoms with Crippen molar-refractivity contribution in [1.29, 1.82) is 0 Å². The maximum atomic E-state index is 12.6. The molecule has 1 aliphatic rings. The lowest BCUT2D eigenvalue weighted by molar-refractivity contribution is 0.0953. The Bertz CT molecular complexity index is 1050. The highest BCUT2D eigenvalue weighted by Crippen LogP contribution is 2.24. The van der Waals surface area contributed by atoms with Gasteiger partial charge in [0.2, 0.25) is 0 Å². The monoisotopic (exact) mass is 442 g/mol. The molecule has 156 valence electrons. The number of amides is 2. The summed E-state index contributed by atoms with van der Waals surface area (Å²) in [7, 11) is 0. The number of carbonyl (C=O) groups excluding carboxylic acids is 2. The summed E-state index contributed by atoms with van der Waals surface area (Å²) in [5.41, 5.74) is 4.67. The van der Waals surface area contributed by atoms with Gasteiger partial charge in [0.15, 0.2) is 5.13 Å². The molecule has 6 nitrogen and oxygen atoms in total. The number of anilines is 1. The Morgan fingerprint density at radius 2 is 1.90 bits per heavy atom. The number of benzene rings is 2. The van der Waals surface area contributed by atoms with Crippen LogP contribution < -0.4 is 16.0 Å². The second kappa shape index (κ2) is 9.84. The summed E-state index contributed by atoms with van der Waals surface area (Å²) in [6, 6.07) is 15.5. The van der Waals surface area contributed by atoms with Crippen molar-refractivity contribution in [3.05, 3.63) is 81.4 Å². The summed E-state index contributed by atoms with van der Waals surface area (Å²) in [6.45, 7) is 3.98. The standard InChI is InChI=1S/C22H22N4O2S.ClH/c1-14-19(21(28)24-12-15-5-3-2-4-6-15)29-22(25-14)26-20(27)17-7-8-18-13-23-10-9-16(18)11-17;/h2-8,11,23H,9-10,12-13H2,1H3,(H,24,28)(H,25,26,27);1H. The highest BCUT2D eigenvalue weighted by atomic mass is 35.5. The van der Waals surface area contributed by atoms with Crippen molar-refractivity contribution in [2.75, 3.05) is 11.9 Å². The number of halogens is 1. The molecule has 0 spiro atoms. The van der Waals surface area contributed by atoms with Crippen molar-refractivity contribution in [3.63, 3.8) is 0 Å². The summed E-state index contributed by atoms with van der Waals surface area (Å²) in [6.07, 6.45) is 0.915. The number of nitrogens with zero attached hydrogens (tertiary/aromatic N) is 1. The van der Waals surface area contributed by atoms with Crippen LogP contribution in [0.2, 0.25) is 0 Å². The molecular formula is C22H23ClN4O2S. The molecule has 0 radical (unpaired) electrons. The van der Waals surface area contributed by atoms with Gasteiger partial charge in [-0.3, -0.25) is 14.9 Å². The van der Waals surface area contributed by atoms with Crippen LogP contribution in [0.25, 0.3) is 0 Å². The van der Waals surface area contributed by atoms with Crippen LogP contribution in [0.1, 0.15) is 42.4 Å². The van der Waals surface area contributed by atoms with Crippen molar-refractivity contribution >= 4 is 40.7 Å². The molecule has 4 rings (SSSR count). The fourth-order valence-corrected chi connectivity index (χ4v) is 4.18. The van der Waals surface area contributed by atoms with Gasteiger partial charge in [-0.1, -0.05) is 47.7 Å². The zero-order chi connectivity index (χ0) is 20.2. The second-order valence-electron chi connectivity index (χ2n) is 6.97. The van der Waals surface area contributed by atoms with E-state index in [-0.39, 0.29) is 24.2 Å². The van der Waals surface area contributed by atoms with Gasteiger partial charge in [-0.05, 0) is 48.7 Å². The maximum Gasteiger partial charge on any atom is 0.263 e. The number of rotatable bonds is 5. The highest BCUT2D eigenvalue weighted by Gasteiger charge is 2.18. The lowest BCUT2D eigenvalue weighted by Gasteiger charge is -2.17. The minimum absolute atomic E-state index is 0. The molecule has 0 fully saturated rings. The van der Waals surface area contributed by atoms with E-state index in [4.69, 9.17) is 0 Å². The lowest BCUT2D eigenvalue weighted by atomic mass is 9.98. The van der Waals surface area contributed by atoms with E-state index in [9.17, 15) is 9.59 Å². The molecular weight excluding hydrogens is 420 g/mol. The molecule has 0 unspecified atom stereocenters. The third-order valence-corrected chi connectivity index (χ3v) is 5.95. The molecule has 0 saturated carbocycles. The second-order valence-corrected chi connectivity index (χ2v) is 7.97. The average Bonchev–Trinajstić information content (AvgIpc) is 3.12. The van der Waals surface area contributed by atoms with Crippen molar-refractivity contribution in [1.82, 2.24) is 15.6 Å². The zero-order valence-corrected chi connectivity index (χ0v) is 18.2. The van der Waals surface area contributed by atoms with Gasteiger partial charge < -0.3 is 10.6 Å². The molecule has 0 bridgehead atoms. The first-order valence-electron chi connectivity index (χ1n) is 9.53. The van der Waals surface area contributed by atoms with E-state index < -0.39 is 0 Å². The van der Waals surface area contributed by atoms with Crippen molar-refractivity contribution in [3.8, 4) is 0 Å². The van der Waals surface area contributed by atoms with E-state index in [1.54, 1.807) is 6.92 Å². The van der Waals surface area contributed by atoms with Crippen molar-refractivity contribution in [2.45, 2.75) is 26.4 Å². The third-order valence-electron chi connectivity index (χ3n) is 4.87. The quantitative estimate of drug-likeness (QED) is 0.562. The normalized spacial score (nSPS) is 12.4. The van der Waals surface area contributed by atoms with Gasteiger partial charge >= 0.3 is 0 Å². The van der Waals surface area contributed by atoms with E-state index in [2.05, 4.69) is 20.9 Å². The van der Waals surface area contributed by atoms with Crippen LogP contribution in [0.3, 0.4) is 0 Å². The third kappa shape index (κ3) is 5.05. The van der Waals surface area contributed by atoms with Gasteiger partial charge in [0, 0.05) is 18.7 Å². The minimum atomic E-state index is -0.212. The average molecular weight is 443 g/mol. The zero-order valence-electron chi connectivity index (χ0n) is 16.5. The molecule has 30 heavy (non-hydrogen) atoms. The summed E-state index contributed by atoms with van der Waals surface area (Å²) < 4.78 is 0. The number of fused-ring (bicyclic) bond motifs is 1. The Kier molecular flexibility index (Phi) is 7.20. The van der Waals surface area contributed by atoms with E-state index in [0.717, 1.165) is 25.1 Å².